The molecular weight excluding hydrogens is 276 g/mol. The predicted molar refractivity (Wildman–Crippen MR) is 89.3 cm³/mol. The van der Waals surface area contributed by atoms with E-state index in [0.717, 1.165) is 18.4 Å². The predicted octanol–water partition coefficient (Wildman–Crippen LogP) is 3.12. The Morgan fingerprint density at radius 2 is 1.82 bits per heavy atom. The van der Waals surface area contributed by atoms with Crippen molar-refractivity contribution in [2.75, 3.05) is 6.54 Å². The summed E-state index contributed by atoms with van der Waals surface area (Å²) in [5.41, 5.74) is 1.05. The van der Waals surface area contributed by atoms with E-state index in [4.69, 9.17) is 0 Å². The number of hydrogen-bond acceptors (Lipinski definition) is 2. The molecule has 0 aliphatic heterocycles. The first-order valence-electron chi connectivity index (χ1n) is 8.25. The van der Waals surface area contributed by atoms with E-state index in [0.29, 0.717) is 25.9 Å². The molecule has 1 aromatic rings. The highest BCUT2D eigenvalue weighted by Gasteiger charge is 2.27. The third kappa shape index (κ3) is 5.51. The zero-order valence-corrected chi connectivity index (χ0v) is 14.0. The van der Waals surface area contributed by atoms with Crippen molar-refractivity contribution in [1.29, 1.82) is 0 Å². The first-order chi connectivity index (χ1) is 10.6. The summed E-state index contributed by atoms with van der Waals surface area (Å²) >= 11 is 0. The minimum Gasteiger partial charge on any atom is -0.354 e. The summed E-state index contributed by atoms with van der Waals surface area (Å²) < 4.78 is 0. The van der Waals surface area contributed by atoms with Gasteiger partial charge in [-0.2, -0.15) is 0 Å². The van der Waals surface area contributed by atoms with Crippen molar-refractivity contribution in [2.45, 2.75) is 59.0 Å². The molecule has 1 rings (SSSR count). The van der Waals surface area contributed by atoms with Gasteiger partial charge in [-0.05, 0) is 18.4 Å². The molecule has 4 heteroatoms. The fourth-order valence-corrected chi connectivity index (χ4v) is 2.41. The molecule has 0 fully saturated rings. The Morgan fingerprint density at radius 1 is 1.14 bits per heavy atom. The second kappa shape index (κ2) is 9.98. The van der Waals surface area contributed by atoms with Gasteiger partial charge >= 0.3 is 0 Å². The van der Waals surface area contributed by atoms with E-state index in [1.54, 1.807) is 4.90 Å². The summed E-state index contributed by atoms with van der Waals surface area (Å²) in [5, 5.41) is 2.95. The number of carbonyl (C=O) groups excluding carboxylic acids is 2. The van der Waals surface area contributed by atoms with Crippen molar-refractivity contribution >= 4 is 11.8 Å². The van der Waals surface area contributed by atoms with Crippen LogP contribution in [0.3, 0.4) is 0 Å². The van der Waals surface area contributed by atoms with Gasteiger partial charge in [-0.1, -0.05) is 57.5 Å². The normalized spacial score (nSPS) is 11.8. The number of amides is 2. The average molecular weight is 304 g/mol. The third-order valence-electron chi connectivity index (χ3n) is 3.71. The second-order valence-corrected chi connectivity index (χ2v) is 5.43. The Bertz CT molecular complexity index is 459. The minimum atomic E-state index is -0.399. The highest BCUT2D eigenvalue weighted by atomic mass is 16.2. The Kier molecular flexibility index (Phi) is 8.26. The van der Waals surface area contributed by atoms with Crippen LogP contribution in [0, 0.1) is 0 Å². The van der Waals surface area contributed by atoms with Crippen LogP contribution in [0.2, 0.25) is 0 Å². The van der Waals surface area contributed by atoms with Gasteiger partial charge < -0.3 is 10.2 Å². The zero-order chi connectivity index (χ0) is 16.4. The van der Waals surface area contributed by atoms with Gasteiger partial charge in [0.2, 0.25) is 11.8 Å². The van der Waals surface area contributed by atoms with Crippen LogP contribution in [0.25, 0.3) is 0 Å². The van der Waals surface area contributed by atoms with Gasteiger partial charge in [0.15, 0.2) is 0 Å². The molecule has 1 N–H and O–H groups in total. The van der Waals surface area contributed by atoms with Gasteiger partial charge in [0.1, 0.15) is 6.04 Å². The lowest BCUT2D eigenvalue weighted by Gasteiger charge is -2.30. The summed E-state index contributed by atoms with van der Waals surface area (Å²) in [6.45, 7) is 7.03. The molecule has 2 amide bonds. The van der Waals surface area contributed by atoms with Crippen LogP contribution in [0.15, 0.2) is 30.3 Å². The molecule has 0 spiro atoms. The molecular formula is C18H28N2O2. The van der Waals surface area contributed by atoms with Gasteiger partial charge in [0, 0.05) is 19.5 Å². The Balaban J connectivity index is 2.83. The Labute approximate surface area is 133 Å². The van der Waals surface area contributed by atoms with Crippen LogP contribution < -0.4 is 5.32 Å². The average Bonchev–Trinajstić information content (AvgIpc) is 2.55. The summed E-state index contributed by atoms with van der Waals surface area (Å²) in [4.78, 5) is 26.4. The number of nitrogens with zero attached hydrogens (tertiary/aromatic N) is 1. The highest BCUT2D eigenvalue weighted by molar-refractivity contribution is 5.87. The molecule has 0 bridgehead atoms. The lowest BCUT2D eigenvalue weighted by Crippen LogP contribution is -2.49. The second-order valence-electron chi connectivity index (χ2n) is 5.43. The van der Waals surface area contributed by atoms with Gasteiger partial charge in [-0.3, -0.25) is 9.59 Å². The smallest absolute Gasteiger partial charge is 0.242 e. The number of unbranched alkanes of at least 4 members (excludes halogenated alkanes) is 1. The molecule has 1 atom stereocenters. The molecule has 0 saturated carbocycles. The van der Waals surface area contributed by atoms with Gasteiger partial charge in [-0.25, -0.2) is 0 Å². The number of rotatable bonds is 9. The van der Waals surface area contributed by atoms with Crippen LogP contribution >= 0.6 is 0 Å². The molecule has 0 aliphatic carbocycles. The third-order valence-corrected chi connectivity index (χ3v) is 3.71. The summed E-state index contributed by atoms with van der Waals surface area (Å²) in [7, 11) is 0. The molecule has 4 nitrogen and oxygen atoms in total. The lowest BCUT2D eigenvalue weighted by atomic mass is 10.1. The van der Waals surface area contributed by atoms with E-state index in [1.807, 2.05) is 44.2 Å². The SMILES string of the molecule is CCCCNC(=O)[C@H](CC)N(Cc1ccccc1)C(=O)CC. The summed E-state index contributed by atoms with van der Waals surface area (Å²) in [6.07, 6.45) is 3.03. The van der Waals surface area contributed by atoms with E-state index in [1.165, 1.54) is 0 Å². The van der Waals surface area contributed by atoms with Crippen molar-refractivity contribution < 1.29 is 9.59 Å². The van der Waals surface area contributed by atoms with Gasteiger partial charge in [0.25, 0.3) is 0 Å². The highest BCUT2D eigenvalue weighted by Crippen LogP contribution is 2.13. The number of benzene rings is 1. The molecule has 0 heterocycles. The van der Waals surface area contributed by atoms with Gasteiger partial charge in [-0.15, -0.1) is 0 Å². The summed E-state index contributed by atoms with van der Waals surface area (Å²) in [6, 6.07) is 9.42. The van der Waals surface area contributed by atoms with Gasteiger partial charge in [0.05, 0.1) is 0 Å². The number of nitrogens with one attached hydrogen (secondary N) is 1. The van der Waals surface area contributed by atoms with Crippen molar-refractivity contribution in [1.82, 2.24) is 10.2 Å². The summed E-state index contributed by atoms with van der Waals surface area (Å²) in [5.74, 6) is -0.0324. The maximum absolute atomic E-state index is 12.4. The molecule has 122 valence electrons. The maximum Gasteiger partial charge on any atom is 0.242 e. The van der Waals surface area contributed by atoms with E-state index in [2.05, 4.69) is 12.2 Å². The first kappa shape index (κ1) is 18.2. The molecule has 0 radical (unpaired) electrons. The van der Waals surface area contributed by atoms with E-state index >= 15 is 0 Å². The van der Waals surface area contributed by atoms with E-state index < -0.39 is 6.04 Å². The monoisotopic (exact) mass is 304 g/mol. The molecule has 0 aliphatic rings. The maximum atomic E-state index is 12.4. The first-order valence-corrected chi connectivity index (χ1v) is 8.25. The van der Waals surface area contributed by atoms with Crippen LogP contribution in [0.1, 0.15) is 52.0 Å². The quantitative estimate of drug-likeness (QED) is 0.713. The number of carbonyl (C=O) groups is 2. The van der Waals surface area contributed by atoms with E-state index in [-0.39, 0.29) is 11.8 Å². The van der Waals surface area contributed by atoms with Crippen LogP contribution in [0.5, 0.6) is 0 Å². The van der Waals surface area contributed by atoms with Crippen molar-refractivity contribution in [3.63, 3.8) is 0 Å². The molecule has 0 unspecified atom stereocenters. The van der Waals surface area contributed by atoms with Crippen molar-refractivity contribution in [3.8, 4) is 0 Å². The molecule has 1 aromatic carbocycles. The van der Waals surface area contributed by atoms with Crippen LogP contribution in [-0.4, -0.2) is 29.3 Å². The topological polar surface area (TPSA) is 49.4 Å². The fraction of sp³-hybridized carbons (Fsp3) is 0.556. The largest absolute Gasteiger partial charge is 0.354 e. The molecule has 22 heavy (non-hydrogen) atoms. The number of hydrogen-bond donors (Lipinski definition) is 1. The van der Waals surface area contributed by atoms with Crippen LogP contribution in [-0.2, 0) is 16.1 Å². The Morgan fingerprint density at radius 3 is 2.36 bits per heavy atom. The zero-order valence-electron chi connectivity index (χ0n) is 14.0. The lowest BCUT2D eigenvalue weighted by molar-refractivity contribution is -0.141. The van der Waals surface area contributed by atoms with E-state index in [9.17, 15) is 9.59 Å². The molecule has 0 aromatic heterocycles. The Hall–Kier alpha value is -1.84. The van der Waals surface area contributed by atoms with Crippen molar-refractivity contribution in [2.24, 2.45) is 0 Å². The fourth-order valence-electron chi connectivity index (χ4n) is 2.41. The minimum absolute atomic E-state index is 0.0151. The molecule has 0 saturated heterocycles. The standard InChI is InChI=1S/C18H28N2O2/c1-4-7-13-19-18(22)16(5-2)20(17(21)6-3)14-15-11-9-8-10-12-15/h8-12,16H,4-7,13-14H2,1-3H3,(H,19,22)/t16-/m0/s1. The van der Waals surface area contributed by atoms with Crippen LogP contribution in [0.4, 0.5) is 0 Å². The van der Waals surface area contributed by atoms with Crippen molar-refractivity contribution in [3.05, 3.63) is 35.9 Å².